The van der Waals surface area contributed by atoms with E-state index in [1.54, 1.807) is 0 Å². The number of sulfonamides is 1. The van der Waals surface area contributed by atoms with Crippen LogP contribution in [0.4, 0.5) is 10.1 Å². The van der Waals surface area contributed by atoms with Gasteiger partial charge in [0.05, 0.1) is 31.1 Å². The molecular formula is C20H23FN3O4S+. The molecule has 1 amide bonds. The number of piperazine rings is 1. The zero-order valence-corrected chi connectivity index (χ0v) is 16.8. The molecular weight excluding hydrogens is 397 g/mol. The molecule has 0 aromatic heterocycles. The first-order chi connectivity index (χ1) is 13.8. The van der Waals surface area contributed by atoms with Gasteiger partial charge in [0.25, 0.3) is 5.91 Å². The van der Waals surface area contributed by atoms with Crippen LogP contribution in [0.5, 0.6) is 0 Å². The van der Waals surface area contributed by atoms with E-state index in [1.807, 2.05) is 0 Å². The normalized spacial score (nSPS) is 15.8. The maximum atomic E-state index is 12.9. The first kappa shape index (κ1) is 21.1. The van der Waals surface area contributed by atoms with Crippen molar-refractivity contribution in [3.8, 4) is 0 Å². The van der Waals surface area contributed by atoms with Crippen LogP contribution in [0.2, 0.25) is 0 Å². The molecule has 0 aliphatic carbocycles. The summed E-state index contributed by atoms with van der Waals surface area (Å²) in [5, 5.41) is 2.71. The second kappa shape index (κ2) is 8.81. The molecule has 1 saturated heterocycles. The van der Waals surface area contributed by atoms with Crippen molar-refractivity contribution < 1.29 is 27.3 Å². The van der Waals surface area contributed by atoms with Crippen molar-refractivity contribution in [3.05, 3.63) is 59.9 Å². The second-order valence-electron chi connectivity index (χ2n) is 6.97. The molecule has 2 aromatic rings. The summed E-state index contributed by atoms with van der Waals surface area (Å²) in [6.07, 6.45) is 0. The standard InChI is InChI=1S/C20H22FN3O4S/c1-15(25)16-2-8-19(9-3-16)29(27,28)24-12-10-23(11-13-24)14-20(26)22-18-6-4-17(21)5-7-18/h2-9H,10-14H2,1H3,(H,22,26)/p+1. The molecule has 1 heterocycles. The van der Waals surface area contributed by atoms with Crippen LogP contribution in [0, 0.1) is 5.82 Å². The summed E-state index contributed by atoms with van der Waals surface area (Å²) in [4.78, 5) is 24.6. The lowest BCUT2D eigenvalue weighted by molar-refractivity contribution is -0.895. The summed E-state index contributed by atoms with van der Waals surface area (Å²) in [6, 6.07) is 11.4. The summed E-state index contributed by atoms with van der Waals surface area (Å²) in [6.45, 7) is 3.24. The van der Waals surface area contributed by atoms with Crippen molar-refractivity contribution >= 4 is 27.4 Å². The fourth-order valence-corrected chi connectivity index (χ4v) is 4.64. The van der Waals surface area contributed by atoms with Gasteiger partial charge in [-0.05, 0) is 43.3 Å². The Labute approximate surface area is 169 Å². The third-order valence-corrected chi connectivity index (χ3v) is 6.78. The Morgan fingerprint density at radius 2 is 1.62 bits per heavy atom. The molecule has 154 valence electrons. The van der Waals surface area contributed by atoms with E-state index in [2.05, 4.69) is 5.32 Å². The summed E-state index contributed by atoms with van der Waals surface area (Å²) in [5.74, 6) is -0.699. The molecule has 0 unspecified atom stereocenters. The lowest BCUT2D eigenvalue weighted by Crippen LogP contribution is -3.15. The van der Waals surface area contributed by atoms with E-state index in [0.717, 1.165) is 4.90 Å². The number of carbonyl (C=O) groups is 2. The fraction of sp³-hybridized carbons (Fsp3) is 0.300. The highest BCUT2D eigenvalue weighted by atomic mass is 32.2. The summed E-state index contributed by atoms with van der Waals surface area (Å²) < 4.78 is 39.9. The molecule has 1 fully saturated rings. The molecule has 0 spiro atoms. The lowest BCUT2D eigenvalue weighted by Gasteiger charge is -2.31. The SMILES string of the molecule is CC(=O)c1ccc(S(=O)(=O)N2CC[NH+](CC(=O)Nc3ccc(F)cc3)CC2)cc1. The van der Waals surface area contributed by atoms with E-state index in [-0.39, 0.29) is 28.9 Å². The monoisotopic (exact) mass is 420 g/mol. The third-order valence-electron chi connectivity index (χ3n) is 4.87. The smallest absolute Gasteiger partial charge is 0.279 e. The van der Waals surface area contributed by atoms with Gasteiger partial charge in [-0.3, -0.25) is 9.59 Å². The number of carbonyl (C=O) groups excluding carboxylic acids is 2. The van der Waals surface area contributed by atoms with Gasteiger partial charge in [0, 0.05) is 11.3 Å². The molecule has 1 aliphatic rings. The predicted molar refractivity (Wildman–Crippen MR) is 106 cm³/mol. The first-order valence-electron chi connectivity index (χ1n) is 9.26. The number of amides is 1. The minimum Gasteiger partial charge on any atom is -0.325 e. The van der Waals surface area contributed by atoms with E-state index in [1.165, 1.54) is 59.8 Å². The highest BCUT2D eigenvalue weighted by Gasteiger charge is 2.31. The molecule has 1 aliphatic heterocycles. The molecule has 2 aromatic carbocycles. The Balaban J connectivity index is 1.54. The Bertz CT molecular complexity index is 983. The van der Waals surface area contributed by atoms with E-state index in [4.69, 9.17) is 0 Å². The van der Waals surface area contributed by atoms with Crippen LogP contribution in [0.25, 0.3) is 0 Å². The van der Waals surface area contributed by atoms with E-state index >= 15 is 0 Å². The molecule has 2 N–H and O–H groups in total. The minimum atomic E-state index is -3.64. The fourth-order valence-electron chi connectivity index (χ4n) is 3.20. The number of hydrogen-bond donors (Lipinski definition) is 2. The molecule has 29 heavy (non-hydrogen) atoms. The van der Waals surface area contributed by atoms with E-state index < -0.39 is 10.0 Å². The minimum absolute atomic E-state index is 0.120. The molecule has 7 nitrogen and oxygen atoms in total. The number of hydrogen-bond acceptors (Lipinski definition) is 4. The third kappa shape index (κ3) is 5.26. The van der Waals surface area contributed by atoms with Gasteiger partial charge in [0.15, 0.2) is 12.3 Å². The average molecular weight is 420 g/mol. The Morgan fingerprint density at radius 3 is 2.17 bits per heavy atom. The van der Waals surface area contributed by atoms with Crippen molar-refractivity contribution in [2.45, 2.75) is 11.8 Å². The average Bonchev–Trinajstić information content (AvgIpc) is 2.70. The van der Waals surface area contributed by atoms with Crippen LogP contribution in [0.3, 0.4) is 0 Å². The number of anilines is 1. The summed E-state index contributed by atoms with van der Waals surface area (Å²) in [5.41, 5.74) is 0.983. The molecule has 3 rings (SSSR count). The number of nitrogens with one attached hydrogen (secondary N) is 2. The lowest BCUT2D eigenvalue weighted by atomic mass is 10.2. The highest BCUT2D eigenvalue weighted by Crippen LogP contribution is 2.16. The van der Waals surface area contributed by atoms with Gasteiger partial charge in [-0.2, -0.15) is 4.31 Å². The van der Waals surface area contributed by atoms with Gasteiger partial charge in [0.1, 0.15) is 5.82 Å². The number of rotatable bonds is 6. The Hall–Kier alpha value is -2.62. The van der Waals surface area contributed by atoms with E-state index in [9.17, 15) is 22.4 Å². The molecule has 0 saturated carbocycles. The highest BCUT2D eigenvalue weighted by molar-refractivity contribution is 7.89. The van der Waals surface area contributed by atoms with Crippen LogP contribution >= 0.6 is 0 Å². The maximum Gasteiger partial charge on any atom is 0.279 e. The van der Waals surface area contributed by atoms with Gasteiger partial charge in [-0.15, -0.1) is 0 Å². The van der Waals surface area contributed by atoms with Crippen LogP contribution < -0.4 is 10.2 Å². The zero-order chi connectivity index (χ0) is 21.0. The van der Waals surface area contributed by atoms with E-state index in [0.29, 0.717) is 37.4 Å². The Morgan fingerprint density at radius 1 is 1.03 bits per heavy atom. The van der Waals surface area contributed by atoms with Gasteiger partial charge in [-0.1, -0.05) is 12.1 Å². The van der Waals surface area contributed by atoms with Crippen molar-refractivity contribution in [2.24, 2.45) is 0 Å². The molecule has 0 atom stereocenters. The van der Waals surface area contributed by atoms with Gasteiger partial charge in [0.2, 0.25) is 10.0 Å². The largest absolute Gasteiger partial charge is 0.325 e. The van der Waals surface area contributed by atoms with Crippen molar-refractivity contribution in [1.29, 1.82) is 0 Å². The number of nitrogens with zero attached hydrogens (tertiary/aromatic N) is 1. The van der Waals surface area contributed by atoms with Crippen molar-refractivity contribution in [1.82, 2.24) is 4.31 Å². The van der Waals surface area contributed by atoms with Crippen LogP contribution in [0.1, 0.15) is 17.3 Å². The first-order valence-corrected chi connectivity index (χ1v) is 10.7. The summed E-state index contributed by atoms with van der Waals surface area (Å²) >= 11 is 0. The van der Waals surface area contributed by atoms with Crippen LogP contribution in [-0.4, -0.2) is 57.1 Å². The zero-order valence-electron chi connectivity index (χ0n) is 16.0. The Kier molecular flexibility index (Phi) is 6.41. The molecule has 0 bridgehead atoms. The number of ketones is 1. The number of halogens is 1. The quantitative estimate of drug-likeness (QED) is 0.669. The van der Waals surface area contributed by atoms with Crippen molar-refractivity contribution in [3.63, 3.8) is 0 Å². The topological polar surface area (TPSA) is 88.0 Å². The van der Waals surface area contributed by atoms with Crippen LogP contribution in [-0.2, 0) is 14.8 Å². The second-order valence-corrected chi connectivity index (χ2v) is 8.90. The van der Waals surface area contributed by atoms with Crippen molar-refractivity contribution in [2.75, 3.05) is 38.0 Å². The van der Waals surface area contributed by atoms with Gasteiger partial charge >= 0.3 is 0 Å². The number of Topliss-reactive ketones (excluding diaryl/α,β-unsaturated/α-hetero) is 1. The van der Waals surface area contributed by atoms with Crippen LogP contribution in [0.15, 0.2) is 53.4 Å². The predicted octanol–water partition coefficient (Wildman–Crippen LogP) is 0.556. The van der Waals surface area contributed by atoms with Gasteiger partial charge < -0.3 is 10.2 Å². The molecule has 9 heteroatoms. The number of benzene rings is 2. The maximum absolute atomic E-state index is 12.9. The summed E-state index contributed by atoms with van der Waals surface area (Å²) in [7, 11) is -3.64. The van der Waals surface area contributed by atoms with Gasteiger partial charge in [-0.25, -0.2) is 12.8 Å². The number of quaternary nitrogens is 1. The molecule has 0 radical (unpaired) electrons.